The van der Waals surface area contributed by atoms with Gasteiger partial charge < -0.3 is 10.1 Å². The molecule has 37 heavy (non-hydrogen) atoms. The van der Waals surface area contributed by atoms with E-state index in [0.29, 0.717) is 11.1 Å². The zero-order valence-corrected chi connectivity index (χ0v) is 21.2. The predicted molar refractivity (Wildman–Crippen MR) is 140 cm³/mol. The van der Waals surface area contributed by atoms with Crippen molar-refractivity contribution in [1.82, 2.24) is 14.5 Å². The summed E-state index contributed by atoms with van der Waals surface area (Å²) in [6.07, 6.45) is 0. The molecule has 4 aromatic rings. The van der Waals surface area contributed by atoms with E-state index in [-0.39, 0.29) is 41.7 Å². The van der Waals surface area contributed by atoms with Crippen molar-refractivity contribution in [3.8, 4) is 16.9 Å². The quantitative estimate of drug-likeness (QED) is 0.381. The molecule has 1 N–H and O–H groups in total. The number of halogens is 2. The molecule has 0 fully saturated rings. The van der Waals surface area contributed by atoms with Crippen LogP contribution in [0.25, 0.3) is 11.1 Å². The fraction of sp³-hybridized carbons (Fsp3) is 0.241. The number of nitrogens with one attached hydrogen (secondary N) is 1. The van der Waals surface area contributed by atoms with Gasteiger partial charge in [0.1, 0.15) is 5.82 Å². The van der Waals surface area contributed by atoms with Gasteiger partial charge in [0.15, 0.2) is 11.6 Å². The fourth-order valence-corrected chi connectivity index (χ4v) is 4.58. The van der Waals surface area contributed by atoms with E-state index in [9.17, 15) is 14.0 Å². The molecule has 0 spiro atoms. The van der Waals surface area contributed by atoms with Gasteiger partial charge in [0, 0.05) is 16.8 Å². The highest BCUT2D eigenvalue weighted by Crippen LogP contribution is 2.29. The Hall–Kier alpha value is -4.04. The van der Waals surface area contributed by atoms with E-state index in [1.807, 2.05) is 30.3 Å². The van der Waals surface area contributed by atoms with Gasteiger partial charge in [-0.05, 0) is 44.2 Å². The molecular weight excluding hydrogens is 476 g/mol. The van der Waals surface area contributed by atoms with E-state index in [4.69, 9.17) is 4.74 Å². The summed E-state index contributed by atoms with van der Waals surface area (Å²) < 4.78 is 37.7. The summed E-state index contributed by atoms with van der Waals surface area (Å²) in [4.78, 5) is 27.6. The molecule has 4 rings (SSSR count). The summed E-state index contributed by atoms with van der Waals surface area (Å²) in [5, 5.41) is 3.15. The van der Waals surface area contributed by atoms with Gasteiger partial charge in [-0.25, -0.2) is 13.6 Å². The van der Waals surface area contributed by atoms with Crippen LogP contribution in [0.1, 0.15) is 28.4 Å². The van der Waals surface area contributed by atoms with Crippen molar-refractivity contribution in [3.63, 3.8) is 0 Å². The van der Waals surface area contributed by atoms with E-state index in [1.165, 1.54) is 29.9 Å². The number of aromatic nitrogens is 2. The second-order valence-corrected chi connectivity index (χ2v) is 8.85. The Kier molecular flexibility index (Phi) is 7.69. The third-order valence-corrected chi connectivity index (χ3v) is 6.72. The van der Waals surface area contributed by atoms with Crippen LogP contribution in [0.5, 0.6) is 5.75 Å². The highest BCUT2D eigenvalue weighted by Gasteiger charge is 2.24. The maximum atomic E-state index is 15.4. The molecule has 0 bridgehead atoms. The molecule has 192 valence electrons. The number of ether oxygens (including phenoxy) is 1. The molecule has 0 radical (unpaired) electrons. The summed E-state index contributed by atoms with van der Waals surface area (Å²) >= 11 is 0. The summed E-state index contributed by atoms with van der Waals surface area (Å²) in [5.41, 5.74) is 0.895. The number of hydrogen-bond acceptors (Lipinski definition) is 4. The Morgan fingerprint density at radius 2 is 1.62 bits per heavy atom. The molecule has 0 amide bonds. The molecular formula is C29H29F2N3O3. The number of methoxy groups -OCH3 is 1. The van der Waals surface area contributed by atoms with Gasteiger partial charge in [0.05, 0.1) is 31.8 Å². The molecule has 0 saturated carbocycles. The lowest BCUT2D eigenvalue weighted by atomic mass is 10.0. The Bertz CT molecular complexity index is 1520. The van der Waals surface area contributed by atoms with Crippen LogP contribution < -0.4 is 21.3 Å². The third-order valence-electron chi connectivity index (χ3n) is 6.72. The lowest BCUT2D eigenvalue weighted by Crippen LogP contribution is -2.44. The molecule has 1 heterocycles. The highest BCUT2D eigenvalue weighted by molar-refractivity contribution is 5.67. The average Bonchev–Trinajstić information content (AvgIpc) is 2.89. The number of benzene rings is 3. The number of rotatable bonds is 8. The van der Waals surface area contributed by atoms with Crippen LogP contribution in [-0.4, -0.2) is 23.3 Å². The van der Waals surface area contributed by atoms with E-state index in [2.05, 4.69) is 5.32 Å². The lowest BCUT2D eigenvalue weighted by Gasteiger charge is -2.22. The van der Waals surface area contributed by atoms with Crippen molar-refractivity contribution in [1.29, 1.82) is 0 Å². The largest absolute Gasteiger partial charge is 0.494 e. The van der Waals surface area contributed by atoms with Crippen molar-refractivity contribution in [3.05, 3.63) is 122 Å². The maximum absolute atomic E-state index is 15.4. The fourth-order valence-electron chi connectivity index (χ4n) is 4.58. The first-order valence-electron chi connectivity index (χ1n) is 11.9. The molecule has 1 aromatic heterocycles. The van der Waals surface area contributed by atoms with Gasteiger partial charge in [-0.3, -0.25) is 13.9 Å². The maximum Gasteiger partial charge on any atom is 0.331 e. The SMILES string of the molecule is CN[C@@H](Cn1c(=O)c(-c2cccc(OC)c2F)c(C)n(Cc2c(C)cccc2F)c1=O)c1ccccc1. The first kappa shape index (κ1) is 26.0. The number of aryl methyl sites for hydroxylation is 1. The van der Waals surface area contributed by atoms with E-state index in [0.717, 1.165) is 10.1 Å². The zero-order chi connectivity index (χ0) is 26.7. The third kappa shape index (κ3) is 4.97. The van der Waals surface area contributed by atoms with Crippen LogP contribution in [-0.2, 0) is 13.1 Å². The summed E-state index contributed by atoms with van der Waals surface area (Å²) in [7, 11) is 3.08. The molecule has 3 aromatic carbocycles. The van der Waals surface area contributed by atoms with Gasteiger partial charge in [-0.2, -0.15) is 0 Å². The Morgan fingerprint density at radius 3 is 2.27 bits per heavy atom. The molecule has 8 heteroatoms. The van der Waals surface area contributed by atoms with Crippen molar-refractivity contribution in [2.75, 3.05) is 14.2 Å². The molecule has 0 unspecified atom stereocenters. The van der Waals surface area contributed by atoms with Gasteiger partial charge >= 0.3 is 5.69 Å². The molecule has 0 aliphatic heterocycles. The van der Waals surface area contributed by atoms with Crippen LogP contribution in [0.2, 0.25) is 0 Å². The highest BCUT2D eigenvalue weighted by atomic mass is 19.1. The van der Waals surface area contributed by atoms with Gasteiger partial charge in [-0.15, -0.1) is 0 Å². The van der Waals surface area contributed by atoms with Crippen LogP contribution in [0.15, 0.2) is 76.3 Å². The second-order valence-electron chi connectivity index (χ2n) is 8.85. The first-order valence-corrected chi connectivity index (χ1v) is 11.9. The van der Waals surface area contributed by atoms with Crippen LogP contribution in [0.4, 0.5) is 8.78 Å². The minimum absolute atomic E-state index is 0.00665. The normalized spacial score (nSPS) is 11.9. The van der Waals surface area contributed by atoms with E-state index >= 15 is 4.39 Å². The van der Waals surface area contributed by atoms with Crippen LogP contribution >= 0.6 is 0 Å². The summed E-state index contributed by atoms with van der Waals surface area (Å²) in [6.45, 7) is 3.21. The molecule has 0 aliphatic rings. The minimum Gasteiger partial charge on any atom is -0.494 e. The smallest absolute Gasteiger partial charge is 0.331 e. The van der Waals surface area contributed by atoms with E-state index in [1.54, 1.807) is 39.1 Å². The Labute approximate surface area is 213 Å². The minimum atomic E-state index is -0.711. The number of likely N-dealkylation sites (N-methyl/N-ethyl adjacent to an activating group) is 1. The molecule has 6 nitrogen and oxygen atoms in total. The standard InChI is InChI=1S/C29H29F2N3O3/c1-18-10-8-14-23(30)22(18)16-33-19(2)26(21-13-9-15-25(37-4)27(21)31)28(35)34(29(33)36)17-24(32-3)20-11-6-5-7-12-20/h5-15,24,32H,16-17H2,1-4H3/t24-/m0/s1. The predicted octanol–water partition coefficient (Wildman–Crippen LogP) is 4.59. The zero-order valence-electron chi connectivity index (χ0n) is 21.2. The van der Waals surface area contributed by atoms with Crippen molar-refractivity contribution in [2.45, 2.75) is 33.0 Å². The average molecular weight is 506 g/mol. The van der Waals surface area contributed by atoms with E-state index < -0.39 is 22.9 Å². The molecule has 1 atom stereocenters. The van der Waals surface area contributed by atoms with Gasteiger partial charge in [0.25, 0.3) is 5.56 Å². The summed E-state index contributed by atoms with van der Waals surface area (Å²) in [6, 6.07) is 18.2. The molecule has 0 saturated heterocycles. The van der Waals surface area contributed by atoms with Gasteiger partial charge in [0.2, 0.25) is 0 Å². The number of hydrogen-bond donors (Lipinski definition) is 1. The second kappa shape index (κ2) is 10.9. The van der Waals surface area contributed by atoms with Crippen LogP contribution in [0.3, 0.4) is 0 Å². The lowest BCUT2D eigenvalue weighted by molar-refractivity contribution is 0.387. The first-order chi connectivity index (χ1) is 17.8. The van der Waals surface area contributed by atoms with Crippen molar-refractivity contribution >= 4 is 0 Å². The monoisotopic (exact) mass is 505 g/mol. The van der Waals surface area contributed by atoms with Crippen molar-refractivity contribution < 1.29 is 13.5 Å². The summed E-state index contributed by atoms with van der Waals surface area (Å²) in [5.74, 6) is -1.20. The van der Waals surface area contributed by atoms with Crippen molar-refractivity contribution in [2.24, 2.45) is 0 Å². The number of nitrogens with zero attached hydrogens (tertiary/aromatic N) is 2. The van der Waals surface area contributed by atoms with Crippen LogP contribution in [0, 0.1) is 25.5 Å². The van der Waals surface area contributed by atoms with Gasteiger partial charge in [-0.1, -0.05) is 54.6 Å². The Morgan fingerprint density at radius 1 is 0.919 bits per heavy atom. The molecule has 0 aliphatic carbocycles. The topological polar surface area (TPSA) is 65.3 Å². The Balaban J connectivity index is 1.99.